The van der Waals surface area contributed by atoms with Gasteiger partial charge in [0.1, 0.15) is 0 Å². The molecular weight excluding hydrogens is 275 g/mol. The van der Waals surface area contributed by atoms with Crippen molar-refractivity contribution >= 4 is 15.9 Å². The lowest BCUT2D eigenvalue weighted by Crippen LogP contribution is -2.20. The van der Waals surface area contributed by atoms with Crippen LogP contribution in [0.2, 0.25) is 0 Å². The van der Waals surface area contributed by atoms with Crippen LogP contribution in [0.15, 0.2) is 22.7 Å². The van der Waals surface area contributed by atoms with Crippen LogP contribution in [0.4, 0.5) is 13.2 Å². The van der Waals surface area contributed by atoms with Gasteiger partial charge in [0.25, 0.3) is 0 Å². The molecule has 0 aliphatic rings. The predicted octanol–water partition coefficient (Wildman–Crippen LogP) is 2.46. The van der Waals surface area contributed by atoms with Crippen molar-refractivity contribution in [1.82, 2.24) is 0 Å². The Bertz CT molecular complexity index is 354. The second kappa shape index (κ2) is 4.51. The number of hydrogen-bond acceptors (Lipinski definition) is 2. The lowest BCUT2D eigenvalue weighted by atomic mass is 10.0. The molecule has 0 aliphatic heterocycles. The summed E-state index contributed by atoms with van der Waals surface area (Å²) in [6, 6.07) is 2.47. The van der Waals surface area contributed by atoms with E-state index in [0.29, 0.717) is 4.47 Å². The van der Waals surface area contributed by atoms with Gasteiger partial charge in [0.05, 0.1) is 18.2 Å². The Hall–Kier alpha value is -0.590. The van der Waals surface area contributed by atoms with Crippen molar-refractivity contribution in [2.75, 3.05) is 6.61 Å². The average Bonchev–Trinajstić information content (AvgIpc) is 2.14. The third-order valence-corrected chi connectivity index (χ3v) is 2.41. The first-order valence-electron chi connectivity index (χ1n) is 4.09. The fraction of sp³-hybridized carbons (Fsp3) is 0.333. The molecular formula is C9H9BrF3NO. The molecule has 0 aromatic heterocycles. The number of alkyl halides is 3. The molecule has 0 saturated heterocycles. The third kappa shape index (κ3) is 2.93. The van der Waals surface area contributed by atoms with Crippen molar-refractivity contribution in [3.05, 3.63) is 33.8 Å². The Morgan fingerprint density at radius 1 is 1.40 bits per heavy atom. The standard InChI is InChI=1S/C9H9BrF3NO/c10-5-1-2-7(9(11,12)13)6(3-5)8(14)4-15/h1-3,8,15H,4,14H2. The van der Waals surface area contributed by atoms with Gasteiger partial charge >= 0.3 is 6.18 Å². The Kier molecular flexibility index (Phi) is 3.75. The summed E-state index contributed by atoms with van der Waals surface area (Å²) in [6.07, 6.45) is -4.46. The summed E-state index contributed by atoms with van der Waals surface area (Å²) in [4.78, 5) is 0. The van der Waals surface area contributed by atoms with Crippen LogP contribution in [0.3, 0.4) is 0 Å². The van der Waals surface area contributed by atoms with Gasteiger partial charge in [0, 0.05) is 4.47 Å². The Morgan fingerprint density at radius 3 is 2.47 bits per heavy atom. The number of aliphatic hydroxyl groups is 1. The van der Waals surface area contributed by atoms with Crippen LogP contribution in [0.25, 0.3) is 0 Å². The molecule has 0 bridgehead atoms. The molecule has 84 valence electrons. The van der Waals surface area contributed by atoms with Crippen LogP contribution in [-0.4, -0.2) is 11.7 Å². The van der Waals surface area contributed by atoms with E-state index in [-0.39, 0.29) is 5.56 Å². The van der Waals surface area contributed by atoms with Crippen molar-refractivity contribution in [1.29, 1.82) is 0 Å². The molecule has 1 rings (SSSR count). The summed E-state index contributed by atoms with van der Waals surface area (Å²) >= 11 is 3.06. The van der Waals surface area contributed by atoms with Crippen molar-refractivity contribution in [2.24, 2.45) is 5.73 Å². The second-order valence-corrected chi connectivity index (χ2v) is 3.93. The van der Waals surface area contributed by atoms with Crippen LogP contribution in [0.1, 0.15) is 17.2 Å². The highest BCUT2D eigenvalue weighted by Gasteiger charge is 2.34. The molecule has 0 fully saturated rings. The highest BCUT2D eigenvalue weighted by molar-refractivity contribution is 9.10. The summed E-state index contributed by atoms with van der Waals surface area (Å²) in [5.41, 5.74) is 4.47. The number of rotatable bonds is 2. The monoisotopic (exact) mass is 283 g/mol. The molecule has 6 heteroatoms. The average molecular weight is 284 g/mol. The highest BCUT2D eigenvalue weighted by atomic mass is 79.9. The van der Waals surface area contributed by atoms with Gasteiger partial charge in [-0.1, -0.05) is 15.9 Å². The first-order chi connectivity index (χ1) is 6.86. The van der Waals surface area contributed by atoms with Crippen molar-refractivity contribution in [2.45, 2.75) is 12.2 Å². The number of aliphatic hydroxyl groups excluding tert-OH is 1. The lowest BCUT2D eigenvalue weighted by molar-refractivity contribution is -0.138. The van der Waals surface area contributed by atoms with E-state index in [1.807, 2.05) is 0 Å². The van der Waals surface area contributed by atoms with Gasteiger partial charge in [0.2, 0.25) is 0 Å². The van der Waals surface area contributed by atoms with Crippen molar-refractivity contribution in [3.8, 4) is 0 Å². The van der Waals surface area contributed by atoms with Gasteiger partial charge in [-0.05, 0) is 23.8 Å². The van der Waals surface area contributed by atoms with E-state index in [4.69, 9.17) is 10.8 Å². The van der Waals surface area contributed by atoms with Gasteiger partial charge < -0.3 is 10.8 Å². The van der Waals surface area contributed by atoms with Gasteiger partial charge in [-0.25, -0.2) is 0 Å². The molecule has 0 spiro atoms. The molecule has 0 heterocycles. The fourth-order valence-corrected chi connectivity index (χ4v) is 1.58. The van der Waals surface area contributed by atoms with Crippen LogP contribution in [0.5, 0.6) is 0 Å². The quantitative estimate of drug-likeness (QED) is 0.876. The van der Waals surface area contributed by atoms with Gasteiger partial charge in [0.15, 0.2) is 0 Å². The van der Waals surface area contributed by atoms with E-state index in [0.717, 1.165) is 6.07 Å². The first kappa shape index (κ1) is 12.5. The molecule has 0 saturated carbocycles. The maximum Gasteiger partial charge on any atom is 0.416 e. The van der Waals surface area contributed by atoms with E-state index in [1.165, 1.54) is 12.1 Å². The summed E-state index contributed by atoms with van der Waals surface area (Å²) in [5.74, 6) is 0. The van der Waals surface area contributed by atoms with Crippen LogP contribution >= 0.6 is 15.9 Å². The SMILES string of the molecule is NC(CO)c1cc(Br)ccc1C(F)(F)F. The van der Waals surface area contributed by atoms with Crippen molar-refractivity contribution in [3.63, 3.8) is 0 Å². The minimum atomic E-state index is -4.46. The normalized spacial score (nSPS) is 14.0. The molecule has 1 aromatic rings. The highest BCUT2D eigenvalue weighted by Crippen LogP contribution is 2.35. The van der Waals surface area contributed by atoms with Crippen LogP contribution in [0, 0.1) is 0 Å². The van der Waals surface area contributed by atoms with E-state index in [9.17, 15) is 13.2 Å². The molecule has 3 N–H and O–H groups in total. The summed E-state index contributed by atoms with van der Waals surface area (Å²) < 4.78 is 38.1. The molecule has 0 aliphatic carbocycles. The Balaban J connectivity index is 3.27. The zero-order valence-corrected chi connectivity index (χ0v) is 9.14. The van der Waals surface area contributed by atoms with Gasteiger partial charge in [-0.15, -0.1) is 0 Å². The number of benzene rings is 1. The fourth-order valence-electron chi connectivity index (χ4n) is 1.20. The van der Waals surface area contributed by atoms with Crippen molar-refractivity contribution < 1.29 is 18.3 Å². The topological polar surface area (TPSA) is 46.2 Å². The molecule has 1 unspecified atom stereocenters. The Morgan fingerprint density at radius 2 is 2.00 bits per heavy atom. The molecule has 2 nitrogen and oxygen atoms in total. The minimum absolute atomic E-state index is 0.112. The largest absolute Gasteiger partial charge is 0.416 e. The third-order valence-electron chi connectivity index (χ3n) is 1.92. The molecule has 1 aromatic carbocycles. The smallest absolute Gasteiger partial charge is 0.394 e. The van der Waals surface area contributed by atoms with E-state index >= 15 is 0 Å². The number of hydrogen-bond donors (Lipinski definition) is 2. The molecule has 0 radical (unpaired) electrons. The zero-order valence-electron chi connectivity index (χ0n) is 7.55. The van der Waals surface area contributed by atoms with Crippen LogP contribution < -0.4 is 5.73 Å². The summed E-state index contributed by atoms with van der Waals surface area (Å²) in [6.45, 7) is -0.528. The van der Waals surface area contributed by atoms with E-state index in [2.05, 4.69) is 15.9 Å². The van der Waals surface area contributed by atoms with E-state index < -0.39 is 24.4 Å². The van der Waals surface area contributed by atoms with Crippen LogP contribution in [-0.2, 0) is 6.18 Å². The van der Waals surface area contributed by atoms with Gasteiger partial charge in [-0.2, -0.15) is 13.2 Å². The zero-order chi connectivity index (χ0) is 11.6. The maximum absolute atomic E-state index is 12.5. The molecule has 1 atom stereocenters. The first-order valence-corrected chi connectivity index (χ1v) is 4.88. The summed E-state index contributed by atoms with van der Waals surface area (Å²) in [5, 5.41) is 8.76. The Labute approximate surface area is 93.0 Å². The number of nitrogens with two attached hydrogens (primary N) is 1. The minimum Gasteiger partial charge on any atom is -0.394 e. The predicted molar refractivity (Wildman–Crippen MR) is 53.2 cm³/mol. The lowest BCUT2D eigenvalue weighted by Gasteiger charge is -2.16. The van der Waals surface area contributed by atoms with Gasteiger partial charge in [-0.3, -0.25) is 0 Å². The van der Waals surface area contributed by atoms with E-state index in [1.54, 1.807) is 0 Å². The second-order valence-electron chi connectivity index (χ2n) is 3.02. The molecule has 15 heavy (non-hydrogen) atoms. The molecule has 0 amide bonds. The maximum atomic E-state index is 12.5. The number of halogens is 4. The summed E-state index contributed by atoms with van der Waals surface area (Å²) in [7, 11) is 0.